The molecule has 6 nitrogen and oxygen atoms in total. The highest BCUT2D eigenvalue weighted by Gasteiger charge is 2.20. The summed E-state index contributed by atoms with van der Waals surface area (Å²) >= 11 is 1.60. The van der Waals surface area contributed by atoms with Crippen LogP contribution in [-0.2, 0) is 22.4 Å². The van der Waals surface area contributed by atoms with E-state index in [1.165, 1.54) is 41.0 Å². The van der Waals surface area contributed by atoms with Crippen molar-refractivity contribution in [2.75, 3.05) is 50.1 Å². The van der Waals surface area contributed by atoms with Crippen molar-refractivity contribution >= 4 is 34.5 Å². The lowest BCUT2D eigenvalue weighted by atomic mass is 10.00. The predicted molar refractivity (Wildman–Crippen MR) is 125 cm³/mol. The van der Waals surface area contributed by atoms with Gasteiger partial charge >= 0.3 is 0 Å². The third kappa shape index (κ3) is 5.66. The minimum Gasteiger partial charge on any atom is -0.378 e. The Morgan fingerprint density at radius 1 is 1.06 bits per heavy atom. The van der Waals surface area contributed by atoms with E-state index < -0.39 is 0 Å². The van der Waals surface area contributed by atoms with Gasteiger partial charge in [0.15, 0.2) is 0 Å². The summed E-state index contributed by atoms with van der Waals surface area (Å²) in [6.07, 6.45) is 7.06. The molecule has 2 heterocycles. The van der Waals surface area contributed by atoms with Gasteiger partial charge in [0, 0.05) is 36.4 Å². The van der Waals surface area contributed by atoms with E-state index in [-0.39, 0.29) is 18.4 Å². The Morgan fingerprint density at radius 3 is 2.52 bits per heavy atom. The fraction of sp³-hybridized carbons (Fsp3) is 0.500. The Kier molecular flexibility index (Phi) is 7.25. The van der Waals surface area contributed by atoms with Crippen LogP contribution in [0.25, 0.3) is 0 Å². The molecule has 1 aromatic carbocycles. The van der Waals surface area contributed by atoms with Crippen molar-refractivity contribution in [3.05, 3.63) is 45.6 Å². The number of carbonyl (C=O) groups is 2. The van der Waals surface area contributed by atoms with E-state index in [2.05, 4.69) is 10.2 Å². The van der Waals surface area contributed by atoms with Crippen LogP contribution in [0.15, 0.2) is 30.3 Å². The van der Waals surface area contributed by atoms with Crippen molar-refractivity contribution in [1.29, 1.82) is 0 Å². The molecule has 0 atom stereocenters. The summed E-state index contributed by atoms with van der Waals surface area (Å²) in [5, 5.41) is 2.90. The lowest BCUT2D eigenvalue weighted by Crippen LogP contribution is -2.36. The monoisotopic (exact) mass is 441 g/mol. The number of thiophene rings is 1. The van der Waals surface area contributed by atoms with Crippen molar-refractivity contribution in [2.45, 2.75) is 38.5 Å². The maximum atomic E-state index is 12.9. The Hall–Kier alpha value is -2.38. The van der Waals surface area contributed by atoms with Gasteiger partial charge in [0.2, 0.25) is 5.91 Å². The Bertz CT molecular complexity index is 878. The van der Waals surface area contributed by atoms with Gasteiger partial charge in [-0.25, -0.2) is 0 Å². The highest BCUT2D eigenvalue weighted by atomic mass is 32.1. The summed E-state index contributed by atoms with van der Waals surface area (Å²) in [5.41, 5.74) is 3.19. The average molecular weight is 442 g/mol. The fourth-order valence-corrected chi connectivity index (χ4v) is 5.45. The number of ether oxygens (including phenoxy) is 1. The zero-order chi connectivity index (χ0) is 21.6. The number of anilines is 2. The van der Waals surface area contributed by atoms with E-state index in [1.54, 1.807) is 18.4 Å². The van der Waals surface area contributed by atoms with Crippen molar-refractivity contribution in [3.8, 4) is 0 Å². The number of likely N-dealkylation sites (N-methyl/N-ethyl adjacent to an activating group) is 1. The summed E-state index contributed by atoms with van der Waals surface area (Å²) in [6.45, 7) is 3.28. The number of nitrogens with zero attached hydrogens (tertiary/aromatic N) is 2. The molecule has 1 aromatic heterocycles. The Morgan fingerprint density at radius 2 is 1.77 bits per heavy atom. The van der Waals surface area contributed by atoms with E-state index in [4.69, 9.17) is 4.74 Å². The zero-order valence-corrected chi connectivity index (χ0v) is 19.0. The normalized spacial score (nSPS) is 16.7. The first-order valence-electron chi connectivity index (χ1n) is 11.2. The number of hydrogen-bond acceptors (Lipinski definition) is 5. The maximum Gasteiger partial charge on any atom is 0.264 e. The van der Waals surface area contributed by atoms with Crippen LogP contribution in [0.3, 0.4) is 0 Å². The standard InChI is InChI=1S/C24H31N3O3S/c1-26(24(29)22-16-18-6-4-2-3-5-7-21(18)31-22)17-23(28)25-19-8-10-20(11-9-19)27-12-14-30-15-13-27/h8-11,16H,2-7,12-15,17H2,1H3,(H,25,28). The average Bonchev–Trinajstić information content (AvgIpc) is 3.16. The van der Waals surface area contributed by atoms with E-state index >= 15 is 0 Å². The summed E-state index contributed by atoms with van der Waals surface area (Å²) < 4.78 is 5.39. The smallest absolute Gasteiger partial charge is 0.264 e. The molecular weight excluding hydrogens is 410 g/mol. The topological polar surface area (TPSA) is 61.9 Å². The van der Waals surface area contributed by atoms with Crippen LogP contribution in [0.4, 0.5) is 11.4 Å². The molecule has 166 valence electrons. The molecule has 0 bridgehead atoms. The maximum absolute atomic E-state index is 12.9. The number of rotatable bonds is 5. The number of morpholine rings is 1. The van der Waals surface area contributed by atoms with Gasteiger partial charge in [-0.1, -0.05) is 12.8 Å². The molecule has 0 spiro atoms. The molecule has 0 unspecified atom stereocenters. The van der Waals surface area contributed by atoms with Crippen LogP contribution in [0.2, 0.25) is 0 Å². The van der Waals surface area contributed by atoms with Crippen molar-refractivity contribution in [3.63, 3.8) is 0 Å². The van der Waals surface area contributed by atoms with Gasteiger partial charge in [-0.05, 0) is 61.6 Å². The number of amides is 2. The number of hydrogen-bond donors (Lipinski definition) is 1. The molecule has 4 rings (SSSR count). The molecule has 2 aromatic rings. The second-order valence-corrected chi connectivity index (χ2v) is 9.47. The Labute approximate surface area is 188 Å². The number of aryl methyl sites for hydroxylation is 2. The van der Waals surface area contributed by atoms with Gasteiger partial charge in [0.1, 0.15) is 0 Å². The minimum atomic E-state index is -0.190. The van der Waals surface area contributed by atoms with Crippen LogP contribution >= 0.6 is 11.3 Å². The van der Waals surface area contributed by atoms with Crippen LogP contribution in [-0.4, -0.2) is 56.6 Å². The van der Waals surface area contributed by atoms with E-state index in [9.17, 15) is 9.59 Å². The molecule has 1 fully saturated rings. The number of benzene rings is 1. The van der Waals surface area contributed by atoms with Crippen LogP contribution in [0.5, 0.6) is 0 Å². The SMILES string of the molecule is CN(CC(=O)Nc1ccc(N2CCOCC2)cc1)C(=O)c1cc2c(s1)CCCCCC2. The van der Waals surface area contributed by atoms with Gasteiger partial charge < -0.3 is 19.9 Å². The van der Waals surface area contributed by atoms with Crippen LogP contribution in [0.1, 0.15) is 45.8 Å². The molecule has 7 heteroatoms. The first kappa shape index (κ1) is 21.8. The highest BCUT2D eigenvalue weighted by molar-refractivity contribution is 7.14. The van der Waals surface area contributed by atoms with Crippen LogP contribution < -0.4 is 10.2 Å². The zero-order valence-electron chi connectivity index (χ0n) is 18.2. The van der Waals surface area contributed by atoms with Crippen molar-refractivity contribution in [1.82, 2.24) is 4.90 Å². The van der Waals surface area contributed by atoms with Gasteiger partial charge in [-0.3, -0.25) is 9.59 Å². The first-order chi connectivity index (χ1) is 15.1. The molecule has 1 N–H and O–H groups in total. The molecule has 0 radical (unpaired) electrons. The predicted octanol–water partition coefficient (Wildman–Crippen LogP) is 3.95. The number of carbonyl (C=O) groups excluding carboxylic acids is 2. The quantitative estimate of drug-likeness (QED) is 0.763. The molecule has 2 amide bonds. The number of fused-ring (bicyclic) bond motifs is 1. The third-order valence-electron chi connectivity index (χ3n) is 5.96. The summed E-state index contributed by atoms with van der Waals surface area (Å²) in [5.74, 6) is -0.264. The van der Waals surface area contributed by atoms with Gasteiger partial charge in [0.05, 0.1) is 24.6 Å². The molecular formula is C24H31N3O3S. The third-order valence-corrected chi connectivity index (χ3v) is 7.19. The summed E-state index contributed by atoms with van der Waals surface area (Å²) in [4.78, 5) is 31.3. The lowest BCUT2D eigenvalue weighted by molar-refractivity contribution is -0.116. The lowest BCUT2D eigenvalue weighted by Gasteiger charge is -2.28. The molecule has 1 aliphatic carbocycles. The van der Waals surface area contributed by atoms with Crippen molar-refractivity contribution < 1.29 is 14.3 Å². The molecule has 2 aliphatic rings. The minimum absolute atomic E-state index is 0.0343. The molecule has 1 saturated heterocycles. The van der Waals surface area contributed by atoms with E-state index in [1.807, 2.05) is 30.3 Å². The highest BCUT2D eigenvalue weighted by Crippen LogP contribution is 2.29. The van der Waals surface area contributed by atoms with Crippen molar-refractivity contribution in [2.24, 2.45) is 0 Å². The van der Waals surface area contributed by atoms with E-state index in [0.29, 0.717) is 0 Å². The first-order valence-corrected chi connectivity index (χ1v) is 12.0. The Balaban J connectivity index is 1.32. The van der Waals surface area contributed by atoms with E-state index in [0.717, 1.165) is 55.4 Å². The van der Waals surface area contributed by atoms with Gasteiger partial charge in [-0.15, -0.1) is 11.3 Å². The second-order valence-electron chi connectivity index (χ2n) is 8.33. The largest absolute Gasteiger partial charge is 0.378 e. The van der Waals surface area contributed by atoms with Gasteiger partial charge in [0.25, 0.3) is 5.91 Å². The van der Waals surface area contributed by atoms with Gasteiger partial charge in [-0.2, -0.15) is 0 Å². The number of nitrogens with one attached hydrogen (secondary N) is 1. The molecule has 0 saturated carbocycles. The summed E-state index contributed by atoms with van der Waals surface area (Å²) in [6, 6.07) is 9.88. The molecule has 31 heavy (non-hydrogen) atoms. The fourth-order valence-electron chi connectivity index (χ4n) is 4.20. The molecule has 1 aliphatic heterocycles. The second kappa shape index (κ2) is 10.3. The van der Waals surface area contributed by atoms with Crippen LogP contribution in [0, 0.1) is 0 Å². The summed E-state index contributed by atoms with van der Waals surface area (Å²) in [7, 11) is 1.70.